The molecule has 0 fully saturated rings. The van der Waals surface area contributed by atoms with Crippen molar-refractivity contribution in [1.29, 1.82) is 0 Å². The van der Waals surface area contributed by atoms with E-state index in [1.54, 1.807) is 6.08 Å². The van der Waals surface area contributed by atoms with Gasteiger partial charge in [0, 0.05) is 11.6 Å². The van der Waals surface area contributed by atoms with E-state index in [1.165, 1.54) is 5.54 Å². The third-order valence-corrected chi connectivity index (χ3v) is 3.05. The predicted octanol–water partition coefficient (Wildman–Crippen LogP) is 4.53. The fraction of sp³-hybridized carbons (Fsp3) is 0.429. The van der Waals surface area contributed by atoms with Gasteiger partial charge in [0.2, 0.25) is 0 Å². The molecule has 0 amide bonds. The summed E-state index contributed by atoms with van der Waals surface area (Å²) in [7, 11) is 0. The summed E-state index contributed by atoms with van der Waals surface area (Å²) in [5.41, 5.74) is 2.59. The van der Waals surface area contributed by atoms with Crippen LogP contribution in [0.3, 0.4) is 0 Å². The number of hydrogen-bond acceptors (Lipinski definition) is 2. The molecule has 1 N–H and O–H groups in total. The number of nitrogens with one attached hydrogen (secondary N) is 1. The zero-order valence-corrected chi connectivity index (χ0v) is 12.3. The molecule has 1 aromatic carbocycles. The van der Waals surface area contributed by atoms with Crippen molar-refractivity contribution >= 4 is 23.2 Å². The monoisotopic (exact) mass is 287 g/mol. The van der Waals surface area contributed by atoms with E-state index in [9.17, 15) is 0 Å². The van der Waals surface area contributed by atoms with E-state index in [1.807, 2.05) is 18.2 Å². The Balaban J connectivity index is 2.66. The first kappa shape index (κ1) is 15.4. The van der Waals surface area contributed by atoms with Crippen LogP contribution in [0.1, 0.15) is 31.9 Å². The van der Waals surface area contributed by atoms with E-state index in [0.717, 1.165) is 18.5 Å². The topological polar surface area (TPSA) is 21.3 Å². The SMILES string of the molecule is CCCNC(C)c1ccc(OC/C=C/Cl)c(Cl)c1. The Hall–Kier alpha value is -0.700. The maximum atomic E-state index is 6.18. The quantitative estimate of drug-likeness (QED) is 0.795. The minimum absolute atomic E-state index is 0.291. The van der Waals surface area contributed by atoms with Crippen molar-refractivity contribution in [1.82, 2.24) is 5.32 Å². The van der Waals surface area contributed by atoms with Crippen molar-refractivity contribution in [2.24, 2.45) is 0 Å². The summed E-state index contributed by atoms with van der Waals surface area (Å²) in [6, 6.07) is 6.15. The minimum Gasteiger partial charge on any atom is -0.488 e. The fourth-order valence-electron chi connectivity index (χ4n) is 1.56. The van der Waals surface area contributed by atoms with Gasteiger partial charge in [-0.2, -0.15) is 0 Å². The average Bonchev–Trinajstić information content (AvgIpc) is 2.38. The Morgan fingerprint density at radius 2 is 2.22 bits per heavy atom. The van der Waals surface area contributed by atoms with E-state index in [0.29, 0.717) is 23.4 Å². The second-order valence-corrected chi connectivity index (χ2v) is 4.70. The van der Waals surface area contributed by atoms with Gasteiger partial charge in [-0.1, -0.05) is 36.2 Å². The Bertz CT molecular complexity index is 393. The van der Waals surface area contributed by atoms with Crippen molar-refractivity contribution < 1.29 is 4.74 Å². The summed E-state index contributed by atoms with van der Waals surface area (Å²) in [6.45, 7) is 5.69. The zero-order chi connectivity index (χ0) is 13.4. The molecule has 18 heavy (non-hydrogen) atoms. The van der Waals surface area contributed by atoms with Crippen molar-refractivity contribution in [2.45, 2.75) is 26.3 Å². The highest BCUT2D eigenvalue weighted by Gasteiger charge is 2.07. The van der Waals surface area contributed by atoms with Crippen LogP contribution in [-0.2, 0) is 0 Å². The molecule has 0 bridgehead atoms. The molecule has 100 valence electrons. The zero-order valence-electron chi connectivity index (χ0n) is 10.7. The largest absolute Gasteiger partial charge is 0.488 e. The molecule has 0 aliphatic rings. The molecule has 1 unspecified atom stereocenters. The Labute approximate surface area is 119 Å². The third-order valence-electron chi connectivity index (χ3n) is 2.58. The molecule has 1 aromatic rings. The second kappa shape index (κ2) is 8.41. The van der Waals surface area contributed by atoms with Gasteiger partial charge >= 0.3 is 0 Å². The fourth-order valence-corrected chi connectivity index (χ4v) is 1.87. The summed E-state index contributed by atoms with van der Waals surface area (Å²) in [4.78, 5) is 0. The molecule has 4 heteroatoms. The smallest absolute Gasteiger partial charge is 0.138 e. The maximum absolute atomic E-state index is 6.18. The van der Waals surface area contributed by atoms with Gasteiger partial charge in [0.1, 0.15) is 12.4 Å². The van der Waals surface area contributed by atoms with Crippen molar-refractivity contribution in [3.05, 3.63) is 40.4 Å². The Morgan fingerprint density at radius 1 is 1.44 bits per heavy atom. The first-order valence-electron chi connectivity index (χ1n) is 6.09. The lowest BCUT2D eigenvalue weighted by atomic mass is 10.1. The van der Waals surface area contributed by atoms with Gasteiger partial charge in [-0.05, 0) is 43.7 Å². The lowest BCUT2D eigenvalue weighted by Gasteiger charge is -2.15. The molecule has 1 rings (SSSR count). The highest BCUT2D eigenvalue weighted by atomic mass is 35.5. The van der Waals surface area contributed by atoms with Crippen molar-refractivity contribution in [3.63, 3.8) is 0 Å². The summed E-state index contributed by atoms with van der Waals surface area (Å²) in [6.07, 6.45) is 2.83. The normalized spacial score (nSPS) is 12.9. The molecule has 0 aromatic heterocycles. The average molecular weight is 288 g/mol. The van der Waals surface area contributed by atoms with Crippen LogP contribution in [-0.4, -0.2) is 13.2 Å². The highest BCUT2D eigenvalue weighted by Crippen LogP contribution is 2.27. The molecular weight excluding hydrogens is 269 g/mol. The maximum Gasteiger partial charge on any atom is 0.138 e. The van der Waals surface area contributed by atoms with Crippen LogP contribution in [0.15, 0.2) is 29.8 Å². The number of hydrogen-bond donors (Lipinski definition) is 1. The molecule has 2 nitrogen and oxygen atoms in total. The van der Waals surface area contributed by atoms with Crippen LogP contribution in [0.5, 0.6) is 5.75 Å². The number of halogens is 2. The molecule has 1 atom stereocenters. The minimum atomic E-state index is 0.291. The molecule has 0 saturated heterocycles. The van der Waals surface area contributed by atoms with E-state index in [-0.39, 0.29) is 0 Å². The van der Waals surface area contributed by atoms with Gasteiger partial charge in [-0.3, -0.25) is 0 Å². The molecule has 0 aliphatic carbocycles. The second-order valence-electron chi connectivity index (χ2n) is 4.04. The Morgan fingerprint density at radius 3 is 2.83 bits per heavy atom. The van der Waals surface area contributed by atoms with Crippen LogP contribution in [0.25, 0.3) is 0 Å². The summed E-state index contributed by atoms with van der Waals surface area (Å²) in [5, 5.41) is 4.05. The molecule has 0 radical (unpaired) electrons. The summed E-state index contributed by atoms with van der Waals surface area (Å²) >= 11 is 11.6. The van der Waals surface area contributed by atoms with E-state index < -0.39 is 0 Å². The standard InChI is InChI=1S/C14H19Cl2NO/c1-3-8-17-11(2)12-5-6-14(13(16)10-12)18-9-4-7-15/h4-7,10-11,17H,3,8-9H2,1-2H3/b7-4+. The van der Waals surface area contributed by atoms with Crippen LogP contribution < -0.4 is 10.1 Å². The van der Waals surface area contributed by atoms with Gasteiger partial charge in [-0.15, -0.1) is 0 Å². The number of benzene rings is 1. The van der Waals surface area contributed by atoms with Crippen molar-refractivity contribution in [3.8, 4) is 5.75 Å². The predicted molar refractivity (Wildman–Crippen MR) is 78.6 cm³/mol. The molecule has 0 aliphatic heterocycles. The first-order chi connectivity index (χ1) is 8.69. The molecule has 0 saturated carbocycles. The molecule has 0 spiro atoms. The number of rotatable bonds is 7. The first-order valence-corrected chi connectivity index (χ1v) is 6.91. The van der Waals surface area contributed by atoms with Gasteiger partial charge in [0.15, 0.2) is 0 Å². The van der Waals surface area contributed by atoms with E-state index in [2.05, 4.69) is 19.2 Å². The Kier molecular flexibility index (Phi) is 7.18. The molecular formula is C14H19Cl2NO. The van der Waals surface area contributed by atoms with E-state index in [4.69, 9.17) is 27.9 Å². The lowest BCUT2D eigenvalue weighted by Crippen LogP contribution is -2.19. The van der Waals surface area contributed by atoms with Crippen LogP contribution in [0.4, 0.5) is 0 Å². The lowest BCUT2D eigenvalue weighted by molar-refractivity contribution is 0.363. The third kappa shape index (κ3) is 4.89. The van der Waals surface area contributed by atoms with Gasteiger partial charge in [-0.25, -0.2) is 0 Å². The van der Waals surface area contributed by atoms with Crippen molar-refractivity contribution in [2.75, 3.05) is 13.2 Å². The van der Waals surface area contributed by atoms with Crippen LogP contribution in [0.2, 0.25) is 5.02 Å². The van der Waals surface area contributed by atoms with E-state index >= 15 is 0 Å². The number of ether oxygens (including phenoxy) is 1. The summed E-state index contributed by atoms with van der Waals surface area (Å²) < 4.78 is 5.47. The van der Waals surface area contributed by atoms with Crippen LogP contribution in [0, 0.1) is 0 Å². The summed E-state index contributed by atoms with van der Waals surface area (Å²) in [5.74, 6) is 0.679. The van der Waals surface area contributed by atoms with Gasteiger partial charge in [0.05, 0.1) is 5.02 Å². The highest BCUT2D eigenvalue weighted by molar-refractivity contribution is 6.32. The molecule has 0 heterocycles. The van der Waals surface area contributed by atoms with Gasteiger partial charge < -0.3 is 10.1 Å². The van der Waals surface area contributed by atoms with Crippen LogP contribution >= 0.6 is 23.2 Å². The van der Waals surface area contributed by atoms with Gasteiger partial charge in [0.25, 0.3) is 0 Å².